The van der Waals surface area contributed by atoms with Crippen molar-refractivity contribution in [3.05, 3.63) is 67.8 Å². The summed E-state index contributed by atoms with van der Waals surface area (Å²) in [6, 6.07) is 9.77. The van der Waals surface area contributed by atoms with Crippen molar-refractivity contribution >= 4 is 21.9 Å². The van der Waals surface area contributed by atoms with E-state index in [2.05, 4.69) is 30.1 Å². The maximum atomic E-state index is 5.22. The van der Waals surface area contributed by atoms with E-state index < -0.39 is 0 Å². The summed E-state index contributed by atoms with van der Waals surface area (Å²) in [5.41, 5.74) is 7.62. The van der Waals surface area contributed by atoms with Crippen LogP contribution in [-0.2, 0) is 0 Å². The van der Waals surface area contributed by atoms with Crippen LogP contribution in [0.4, 0.5) is 0 Å². The molecular formula is C21H13N7O. The largest absolute Gasteiger partial charge is 0.472 e. The molecule has 6 rings (SSSR count). The van der Waals surface area contributed by atoms with Crippen molar-refractivity contribution in [3.63, 3.8) is 0 Å². The van der Waals surface area contributed by atoms with Crippen LogP contribution in [0.2, 0.25) is 0 Å². The van der Waals surface area contributed by atoms with E-state index in [1.54, 1.807) is 31.1 Å². The normalized spacial score (nSPS) is 11.4. The van der Waals surface area contributed by atoms with Gasteiger partial charge in [0.05, 0.1) is 35.1 Å². The zero-order valence-electron chi connectivity index (χ0n) is 15.0. The minimum Gasteiger partial charge on any atom is -0.472 e. The lowest BCUT2D eigenvalue weighted by molar-refractivity contribution is 0.568. The molecule has 0 spiro atoms. The Bertz CT molecular complexity index is 1450. The Balaban J connectivity index is 1.53. The maximum absolute atomic E-state index is 5.22. The summed E-state index contributed by atoms with van der Waals surface area (Å²) in [6.45, 7) is 0. The second-order valence-electron chi connectivity index (χ2n) is 6.61. The smallest absolute Gasteiger partial charge is 0.135 e. The molecule has 29 heavy (non-hydrogen) atoms. The zero-order valence-corrected chi connectivity index (χ0v) is 15.0. The molecule has 2 N–H and O–H groups in total. The molecule has 0 aliphatic carbocycles. The first kappa shape index (κ1) is 15.7. The number of nitrogens with one attached hydrogen (secondary N) is 2. The highest BCUT2D eigenvalue weighted by Crippen LogP contribution is 2.33. The van der Waals surface area contributed by atoms with Crippen molar-refractivity contribution in [1.82, 2.24) is 35.1 Å². The third-order valence-corrected chi connectivity index (χ3v) is 4.86. The van der Waals surface area contributed by atoms with E-state index >= 15 is 0 Å². The Morgan fingerprint density at radius 3 is 2.69 bits per heavy atom. The summed E-state index contributed by atoms with van der Waals surface area (Å²) in [4.78, 5) is 20.9. The number of H-pyrrole nitrogens is 2. The quantitative estimate of drug-likeness (QED) is 0.476. The van der Waals surface area contributed by atoms with Crippen LogP contribution in [0, 0.1) is 0 Å². The SMILES string of the molecule is c1ncc(-c2ccc3[nH]nc(-c4cc5c(-c6ccoc6)nccc5[nH]4)c3n2)cn1. The third-order valence-electron chi connectivity index (χ3n) is 4.86. The fourth-order valence-corrected chi connectivity index (χ4v) is 3.49. The van der Waals surface area contributed by atoms with Gasteiger partial charge in [-0.15, -0.1) is 0 Å². The van der Waals surface area contributed by atoms with Gasteiger partial charge in [0, 0.05) is 40.6 Å². The molecule has 138 valence electrons. The van der Waals surface area contributed by atoms with Gasteiger partial charge in [0.1, 0.15) is 17.5 Å². The van der Waals surface area contributed by atoms with Crippen LogP contribution >= 0.6 is 0 Å². The molecule has 0 radical (unpaired) electrons. The van der Waals surface area contributed by atoms with Crippen molar-refractivity contribution in [2.75, 3.05) is 0 Å². The fourth-order valence-electron chi connectivity index (χ4n) is 3.49. The summed E-state index contributed by atoms with van der Waals surface area (Å²) in [7, 11) is 0. The van der Waals surface area contributed by atoms with Gasteiger partial charge >= 0.3 is 0 Å². The lowest BCUT2D eigenvalue weighted by atomic mass is 10.1. The first-order valence-electron chi connectivity index (χ1n) is 8.98. The van der Waals surface area contributed by atoms with Crippen LogP contribution in [0.1, 0.15) is 0 Å². The molecule has 6 heterocycles. The summed E-state index contributed by atoms with van der Waals surface area (Å²) in [6.07, 6.45) is 10.1. The minimum atomic E-state index is 0.744. The molecule has 6 aromatic rings. The molecule has 0 atom stereocenters. The summed E-state index contributed by atoms with van der Waals surface area (Å²) >= 11 is 0. The molecule has 6 aromatic heterocycles. The minimum absolute atomic E-state index is 0.744. The Hall–Kier alpha value is -4.33. The van der Waals surface area contributed by atoms with E-state index in [4.69, 9.17) is 9.40 Å². The average Bonchev–Trinajstić information content (AvgIpc) is 3.52. The van der Waals surface area contributed by atoms with Crippen molar-refractivity contribution < 1.29 is 4.42 Å². The van der Waals surface area contributed by atoms with Crippen LogP contribution in [-0.4, -0.2) is 35.1 Å². The number of hydrogen-bond donors (Lipinski definition) is 2. The number of nitrogens with zero attached hydrogens (tertiary/aromatic N) is 5. The molecule has 8 heteroatoms. The van der Waals surface area contributed by atoms with E-state index in [-0.39, 0.29) is 0 Å². The van der Waals surface area contributed by atoms with Crippen molar-refractivity contribution in [2.24, 2.45) is 0 Å². The third kappa shape index (κ3) is 2.50. The average molecular weight is 379 g/mol. The number of aromatic amines is 2. The number of fused-ring (bicyclic) bond motifs is 2. The van der Waals surface area contributed by atoms with E-state index in [0.29, 0.717) is 0 Å². The standard InChI is InChI=1S/C21H13N7O/c1-2-17-20(26-15(1)13-8-22-11-23-9-13)21(28-27-17)18-7-14-16(25-18)3-5-24-19(14)12-4-6-29-10-12/h1-11,25H,(H,27,28). The molecule has 0 saturated carbocycles. The van der Waals surface area contributed by atoms with Crippen molar-refractivity contribution in [1.29, 1.82) is 0 Å². The second kappa shape index (κ2) is 6.10. The van der Waals surface area contributed by atoms with Gasteiger partial charge < -0.3 is 9.40 Å². The van der Waals surface area contributed by atoms with Crippen LogP contribution in [0.5, 0.6) is 0 Å². The molecule has 0 amide bonds. The molecule has 0 aromatic carbocycles. The molecular weight excluding hydrogens is 366 g/mol. The molecule has 8 nitrogen and oxygen atoms in total. The Morgan fingerprint density at radius 2 is 1.83 bits per heavy atom. The molecule has 0 bridgehead atoms. The maximum Gasteiger partial charge on any atom is 0.135 e. The first-order valence-corrected chi connectivity index (χ1v) is 8.98. The topological polar surface area (TPSA) is 109 Å². The van der Waals surface area contributed by atoms with Crippen LogP contribution < -0.4 is 0 Å². The van der Waals surface area contributed by atoms with Crippen LogP contribution in [0.25, 0.3) is 55.8 Å². The van der Waals surface area contributed by atoms with Gasteiger partial charge in [-0.2, -0.15) is 5.10 Å². The number of pyridine rings is 2. The summed E-state index contributed by atoms with van der Waals surface area (Å²) in [5, 5.41) is 8.55. The monoisotopic (exact) mass is 379 g/mol. The molecule has 0 aliphatic rings. The van der Waals surface area contributed by atoms with Gasteiger partial charge in [0.2, 0.25) is 0 Å². The number of aromatic nitrogens is 7. The number of hydrogen-bond acceptors (Lipinski definition) is 6. The van der Waals surface area contributed by atoms with E-state index in [0.717, 1.165) is 55.8 Å². The van der Waals surface area contributed by atoms with Gasteiger partial charge in [-0.1, -0.05) is 0 Å². The first-order chi connectivity index (χ1) is 14.4. The fraction of sp³-hybridized carbons (Fsp3) is 0. The Kier molecular flexibility index (Phi) is 3.30. The van der Waals surface area contributed by atoms with E-state index in [9.17, 15) is 0 Å². The highest BCUT2D eigenvalue weighted by molar-refractivity contribution is 5.99. The van der Waals surface area contributed by atoms with Gasteiger partial charge in [-0.3, -0.25) is 10.1 Å². The summed E-state index contributed by atoms with van der Waals surface area (Å²) < 4.78 is 5.22. The van der Waals surface area contributed by atoms with Crippen molar-refractivity contribution in [2.45, 2.75) is 0 Å². The molecule has 0 saturated heterocycles. The lowest BCUT2D eigenvalue weighted by Crippen LogP contribution is -1.87. The van der Waals surface area contributed by atoms with Gasteiger partial charge in [-0.25, -0.2) is 15.0 Å². The molecule has 0 aliphatic heterocycles. The van der Waals surface area contributed by atoms with Gasteiger partial charge in [-0.05, 0) is 30.3 Å². The van der Waals surface area contributed by atoms with Gasteiger partial charge in [0.25, 0.3) is 0 Å². The van der Waals surface area contributed by atoms with Crippen LogP contribution in [0.3, 0.4) is 0 Å². The molecule has 0 fully saturated rings. The van der Waals surface area contributed by atoms with Gasteiger partial charge in [0.15, 0.2) is 0 Å². The van der Waals surface area contributed by atoms with Crippen molar-refractivity contribution in [3.8, 4) is 33.9 Å². The predicted octanol–water partition coefficient (Wildman–Crippen LogP) is 4.22. The van der Waals surface area contributed by atoms with E-state index in [1.807, 2.05) is 30.3 Å². The predicted molar refractivity (Wildman–Crippen MR) is 108 cm³/mol. The number of furan rings is 1. The lowest BCUT2D eigenvalue weighted by Gasteiger charge is -2.00. The summed E-state index contributed by atoms with van der Waals surface area (Å²) in [5.74, 6) is 0. The number of rotatable bonds is 3. The highest BCUT2D eigenvalue weighted by atomic mass is 16.3. The second-order valence-corrected chi connectivity index (χ2v) is 6.61. The highest BCUT2D eigenvalue weighted by Gasteiger charge is 2.16. The van der Waals surface area contributed by atoms with Crippen LogP contribution in [0.15, 0.2) is 72.2 Å². The van der Waals surface area contributed by atoms with E-state index in [1.165, 1.54) is 6.33 Å². The Morgan fingerprint density at radius 1 is 0.897 bits per heavy atom. The molecule has 0 unspecified atom stereocenters. The Labute approximate surface area is 163 Å². The zero-order chi connectivity index (χ0) is 19.2.